The number of ether oxygens (including phenoxy) is 1. The van der Waals surface area contributed by atoms with Gasteiger partial charge in [0.25, 0.3) is 5.91 Å². The quantitative estimate of drug-likeness (QED) is 0.248. The SMILES string of the molecule is Cn1ncc2nc(-c3cccc(OCC(=O)NC4CCCC4)c3)nc(Nc3ccc(/C(C=N)=C/N)cc3)c21. The highest BCUT2D eigenvalue weighted by Gasteiger charge is 2.18. The second-order valence-electron chi connectivity index (χ2n) is 9.23. The summed E-state index contributed by atoms with van der Waals surface area (Å²) in [5.74, 6) is 1.56. The molecular formula is C28H30N8O2. The lowest BCUT2D eigenvalue weighted by atomic mass is 10.1. The number of rotatable bonds is 9. The van der Waals surface area contributed by atoms with Gasteiger partial charge in [-0.05, 0) is 42.7 Å². The van der Waals surface area contributed by atoms with Gasteiger partial charge in [0.2, 0.25) is 0 Å². The maximum absolute atomic E-state index is 12.3. The minimum atomic E-state index is -0.109. The molecule has 38 heavy (non-hydrogen) atoms. The molecule has 2 aromatic heterocycles. The minimum absolute atomic E-state index is 0.0374. The number of benzene rings is 2. The summed E-state index contributed by atoms with van der Waals surface area (Å²) in [5, 5.41) is 18.3. The Bertz CT molecular complexity index is 1490. The van der Waals surface area contributed by atoms with Crippen LogP contribution in [0.4, 0.5) is 11.5 Å². The number of allylic oxidation sites excluding steroid dienone is 1. The molecule has 1 fully saturated rings. The molecule has 0 unspecified atom stereocenters. The summed E-state index contributed by atoms with van der Waals surface area (Å²) < 4.78 is 7.50. The summed E-state index contributed by atoms with van der Waals surface area (Å²) in [6, 6.07) is 15.2. The van der Waals surface area contributed by atoms with Crippen LogP contribution in [0.25, 0.3) is 28.0 Å². The summed E-state index contributed by atoms with van der Waals surface area (Å²) in [6.07, 6.45) is 8.72. The highest BCUT2D eigenvalue weighted by atomic mass is 16.5. The summed E-state index contributed by atoms with van der Waals surface area (Å²) in [5.41, 5.74) is 10.1. The van der Waals surface area contributed by atoms with Crippen molar-refractivity contribution in [2.45, 2.75) is 31.7 Å². The fourth-order valence-electron chi connectivity index (χ4n) is 4.62. The Morgan fingerprint density at radius 3 is 2.71 bits per heavy atom. The molecule has 10 nitrogen and oxygen atoms in total. The zero-order valence-corrected chi connectivity index (χ0v) is 21.1. The molecule has 1 aliphatic carbocycles. The molecule has 0 radical (unpaired) electrons. The third kappa shape index (κ3) is 5.49. The first kappa shape index (κ1) is 24.9. The number of nitrogens with zero attached hydrogens (tertiary/aromatic N) is 4. The molecule has 2 heterocycles. The predicted octanol–water partition coefficient (Wildman–Crippen LogP) is 4.16. The van der Waals surface area contributed by atoms with Crippen molar-refractivity contribution in [3.63, 3.8) is 0 Å². The number of aryl methyl sites for hydroxylation is 1. The first-order valence-electron chi connectivity index (χ1n) is 12.6. The molecule has 0 saturated heterocycles. The lowest BCUT2D eigenvalue weighted by molar-refractivity contribution is -0.123. The number of amides is 1. The first-order valence-corrected chi connectivity index (χ1v) is 12.6. The van der Waals surface area contributed by atoms with Gasteiger partial charge in [-0.15, -0.1) is 0 Å². The van der Waals surface area contributed by atoms with Crippen LogP contribution in [0.2, 0.25) is 0 Å². The van der Waals surface area contributed by atoms with Crippen molar-refractivity contribution in [2.75, 3.05) is 11.9 Å². The van der Waals surface area contributed by atoms with Crippen LogP contribution >= 0.6 is 0 Å². The van der Waals surface area contributed by atoms with Crippen molar-refractivity contribution >= 4 is 40.2 Å². The van der Waals surface area contributed by atoms with E-state index < -0.39 is 0 Å². The number of hydrogen-bond acceptors (Lipinski definition) is 8. The molecule has 194 valence electrons. The van der Waals surface area contributed by atoms with Gasteiger partial charge in [-0.2, -0.15) is 5.10 Å². The number of carbonyl (C=O) groups is 1. The van der Waals surface area contributed by atoms with E-state index in [4.69, 9.17) is 25.8 Å². The van der Waals surface area contributed by atoms with Gasteiger partial charge in [0.05, 0.1) is 6.20 Å². The van der Waals surface area contributed by atoms with E-state index in [1.807, 2.05) is 55.6 Å². The fraction of sp³-hybridized carbons (Fsp3) is 0.250. The number of hydrogen-bond donors (Lipinski definition) is 4. The largest absolute Gasteiger partial charge is 0.484 e. The number of nitrogens with one attached hydrogen (secondary N) is 3. The zero-order chi connectivity index (χ0) is 26.5. The molecule has 1 saturated carbocycles. The Morgan fingerprint density at radius 1 is 1.18 bits per heavy atom. The zero-order valence-electron chi connectivity index (χ0n) is 21.1. The molecule has 2 aromatic carbocycles. The summed E-state index contributed by atoms with van der Waals surface area (Å²) in [7, 11) is 1.84. The fourth-order valence-corrected chi connectivity index (χ4v) is 4.62. The van der Waals surface area contributed by atoms with E-state index in [-0.39, 0.29) is 18.6 Å². The van der Waals surface area contributed by atoms with Gasteiger partial charge in [-0.3, -0.25) is 9.48 Å². The maximum Gasteiger partial charge on any atom is 0.258 e. The normalized spacial score (nSPS) is 14.0. The van der Waals surface area contributed by atoms with Crippen molar-refractivity contribution < 1.29 is 9.53 Å². The Hall–Kier alpha value is -4.73. The number of carbonyl (C=O) groups excluding carboxylic acids is 1. The van der Waals surface area contributed by atoms with Crippen molar-refractivity contribution in [1.29, 1.82) is 5.41 Å². The average molecular weight is 511 g/mol. The van der Waals surface area contributed by atoms with E-state index in [1.54, 1.807) is 10.9 Å². The molecule has 4 aromatic rings. The Labute approximate surface area is 220 Å². The highest BCUT2D eigenvalue weighted by molar-refractivity contribution is 6.08. The van der Waals surface area contributed by atoms with Crippen LogP contribution in [0.15, 0.2) is 60.9 Å². The third-order valence-electron chi connectivity index (χ3n) is 6.59. The Kier molecular flexibility index (Phi) is 7.30. The van der Waals surface area contributed by atoms with Crippen molar-refractivity contribution in [3.8, 4) is 17.1 Å². The Balaban J connectivity index is 1.37. The minimum Gasteiger partial charge on any atom is -0.484 e. The highest BCUT2D eigenvalue weighted by Crippen LogP contribution is 2.29. The monoisotopic (exact) mass is 510 g/mol. The summed E-state index contributed by atoms with van der Waals surface area (Å²) in [6.45, 7) is -0.0374. The molecule has 1 amide bonds. The van der Waals surface area contributed by atoms with Crippen molar-refractivity contribution in [2.24, 2.45) is 12.8 Å². The molecule has 0 bridgehead atoms. The second kappa shape index (κ2) is 11.1. The van der Waals surface area contributed by atoms with Crippen LogP contribution in [0.1, 0.15) is 31.2 Å². The summed E-state index contributed by atoms with van der Waals surface area (Å²) in [4.78, 5) is 21.8. The predicted molar refractivity (Wildman–Crippen MR) is 148 cm³/mol. The van der Waals surface area contributed by atoms with Crippen LogP contribution in [0.3, 0.4) is 0 Å². The van der Waals surface area contributed by atoms with E-state index in [9.17, 15) is 4.79 Å². The number of aromatic nitrogens is 4. The van der Waals surface area contributed by atoms with Crippen LogP contribution in [-0.4, -0.2) is 44.5 Å². The molecule has 10 heteroatoms. The number of fused-ring (bicyclic) bond motifs is 1. The standard InChI is InChI=1S/C28H30N8O2/c1-36-26-24(16-31-36)34-27(35-28(26)33-22-11-9-18(10-12-22)20(14-29)15-30)19-5-4-8-23(13-19)38-17-25(37)32-21-6-2-3-7-21/h4-5,8-16,21,29H,2-3,6-7,17,30H2,1H3,(H,32,37)(H,33,34,35)/b20-15+,29-14?. The van der Waals surface area contributed by atoms with E-state index in [0.717, 1.165) is 48.0 Å². The van der Waals surface area contributed by atoms with E-state index >= 15 is 0 Å². The van der Waals surface area contributed by atoms with Crippen LogP contribution in [0, 0.1) is 5.41 Å². The topological polar surface area (TPSA) is 144 Å². The number of anilines is 2. The van der Waals surface area contributed by atoms with E-state index in [2.05, 4.69) is 15.7 Å². The average Bonchev–Trinajstić information content (AvgIpc) is 3.59. The van der Waals surface area contributed by atoms with E-state index in [1.165, 1.54) is 12.4 Å². The molecule has 0 spiro atoms. The van der Waals surface area contributed by atoms with Crippen LogP contribution in [0.5, 0.6) is 5.75 Å². The number of nitrogens with two attached hydrogens (primary N) is 1. The molecule has 0 atom stereocenters. The second-order valence-corrected chi connectivity index (χ2v) is 9.23. The van der Waals surface area contributed by atoms with Gasteiger partial charge in [-0.25, -0.2) is 9.97 Å². The van der Waals surface area contributed by atoms with Gasteiger partial charge in [0.1, 0.15) is 16.8 Å². The molecule has 0 aliphatic heterocycles. The van der Waals surface area contributed by atoms with Gasteiger partial charge < -0.3 is 26.5 Å². The van der Waals surface area contributed by atoms with Crippen molar-refractivity contribution in [1.82, 2.24) is 25.1 Å². The Morgan fingerprint density at radius 2 is 1.97 bits per heavy atom. The molecule has 5 N–H and O–H groups in total. The van der Waals surface area contributed by atoms with Crippen LogP contribution < -0.4 is 21.1 Å². The third-order valence-corrected chi connectivity index (χ3v) is 6.59. The van der Waals surface area contributed by atoms with Crippen LogP contribution in [-0.2, 0) is 11.8 Å². The first-order chi connectivity index (χ1) is 18.5. The summed E-state index contributed by atoms with van der Waals surface area (Å²) >= 11 is 0. The molecule has 1 aliphatic rings. The van der Waals surface area contributed by atoms with Gasteiger partial charge in [0, 0.05) is 42.3 Å². The molecular weight excluding hydrogens is 480 g/mol. The lowest BCUT2D eigenvalue weighted by Gasteiger charge is -2.13. The van der Waals surface area contributed by atoms with E-state index in [0.29, 0.717) is 28.5 Å². The van der Waals surface area contributed by atoms with Gasteiger partial charge >= 0.3 is 0 Å². The lowest BCUT2D eigenvalue weighted by Crippen LogP contribution is -2.36. The molecule has 5 rings (SSSR count). The van der Waals surface area contributed by atoms with Gasteiger partial charge in [-0.1, -0.05) is 37.1 Å². The smallest absolute Gasteiger partial charge is 0.258 e. The maximum atomic E-state index is 12.3. The van der Waals surface area contributed by atoms with Gasteiger partial charge in [0.15, 0.2) is 18.2 Å². The van der Waals surface area contributed by atoms with Crippen molar-refractivity contribution in [3.05, 3.63) is 66.5 Å².